The van der Waals surface area contributed by atoms with Gasteiger partial charge in [0.15, 0.2) is 5.96 Å². The van der Waals surface area contributed by atoms with E-state index in [2.05, 4.69) is 52.8 Å². The van der Waals surface area contributed by atoms with Crippen LogP contribution in [0.3, 0.4) is 0 Å². The summed E-state index contributed by atoms with van der Waals surface area (Å²) in [6, 6.07) is 16.9. The Kier molecular flexibility index (Phi) is 9.00. The first-order valence-electron chi connectivity index (χ1n) is 10.9. The summed E-state index contributed by atoms with van der Waals surface area (Å²) in [5, 5.41) is 6.73. The monoisotopic (exact) mass is 410 g/mol. The van der Waals surface area contributed by atoms with Gasteiger partial charge in [-0.15, -0.1) is 0 Å². The average molecular weight is 411 g/mol. The fourth-order valence-corrected chi connectivity index (χ4v) is 3.40. The maximum atomic E-state index is 5.71. The van der Waals surface area contributed by atoms with E-state index in [1.165, 1.54) is 11.1 Å². The van der Waals surface area contributed by atoms with Gasteiger partial charge in [0.25, 0.3) is 0 Å². The molecular weight excluding hydrogens is 376 g/mol. The minimum absolute atomic E-state index is 0.639. The molecule has 0 amide bonds. The van der Waals surface area contributed by atoms with Gasteiger partial charge in [-0.05, 0) is 31.0 Å². The number of hydrogen-bond acceptors (Lipinski definition) is 4. The molecule has 1 aliphatic heterocycles. The van der Waals surface area contributed by atoms with E-state index in [0.717, 1.165) is 56.7 Å². The molecule has 0 aromatic heterocycles. The summed E-state index contributed by atoms with van der Waals surface area (Å²) in [5.74, 6) is 1.72. The van der Waals surface area contributed by atoms with Gasteiger partial charge in [-0.3, -0.25) is 4.90 Å². The standard InChI is InChI=1S/C24H34N4O2/c1-3-25-24(27-18-22-7-5-6-8-23(22)30-4-2)26-17-20-9-11-21(12-10-20)19-28-13-15-29-16-14-28/h5-12H,3-4,13-19H2,1-2H3,(H2,25,26,27). The molecule has 2 aromatic rings. The Morgan fingerprint density at radius 2 is 1.73 bits per heavy atom. The maximum Gasteiger partial charge on any atom is 0.191 e. The van der Waals surface area contributed by atoms with Crippen LogP contribution in [0.4, 0.5) is 0 Å². The van der Waals surface area contributed by atoms with E-state index in [0.29, 0.717) is 19.7 Å². The lowest BCUT2D eigenvalue weighted by Gasteiger charge is -2.26. The van der Waals surface area contributed by atoms with Gasteiger partial charge in [0.1, 0.15) is 5.75 Å². The normalized spacial score (nSPS) is 15.1. The van der Waals surface area contributed by atoms with Crippen LogP contribution in [0.2, 0.25) is 0 Å². The smallest absolute Gasteiger partial charge is 0.191 e. The number of ether oxygens (including phenoxy) is 2. The van der Waals surface area contributed by atoms with E-state index in [9.17, 15) is 0 Å². The summed E-state index contributed by atoms with van der Waals surface area (Å²) in [7, 11) is 0. The van der Waals surface area contributed by atoms with E-state index in [1.54, 1.807) is 0 Å². The predicted molar refractivity (Wildman–Crippen MR) is 122 cm³/mol. The third kappa shape index (κ3) is 7.04. The molecule has 1 fully saturated rings. The van der Waals surface area contributed by atoms with Crippen molar-refractivity contribution in [1.29, 1.82) is 0 Å². The minimum atomic E-state index is 0.639. The van der Waals surface area contributed by atoms with Crippen molar-refractivity contribution in [3.63, 3.8) is 0 Å². The molecule has 30 heavy (non-hydrogen) atoms. The van der Waals surface area contributed by atoms with Crippen LogP contribution >= 0.6 is 0 Å². The van der Waals surface area contributed by atoms with Crippen LogP contribution in [-0.4, -0.2) is 50.3 Å². The second-order valence-corrected chi connectivity index (χ2v) is 7.29. The predicted octanol–water partition coefficient (Wildman–Crippen LogP) is 3.17. The van der Waals surface area contributed by atoms with Crippen molar-refractivity contribution >= 4 is 5.96 Å². The molecule has 1 heterocycles. The molecule has 2 N–H and O–H groups in total. The van der Waals surface area contributed by atoms with Crippen molar-refractivity contribution in [2.45, 2.75) is 33.5 Å². The fraction of sp³-hybridized carbons (Fsp3) is 0.458. The Morgan fingerprint density at radius 1 is 1.00 bits per heavy atom. The van der Waals surface area contributed by atoms with Gasteiger partial charge in [0, 0.05) is 38.3 Å². The molecule has 1 aliphatic rings. The van der Waals surface area contributed by atoms with Gasteiger partial charge < -0.3 is 20.1 Å². The number of para-hydroxylation sites is 1. The average Bonchev–Trinajstić information content (AvgIpc) is 2.78. The number of guanidine groups is 1. The molecule has 0 radical (unpaired) electrons. The third-order valence-electron chi connectivity index (χ3n) is 5.02. The van der Waals surface area contributed by atoms with Gasteiger partial charge in [-0.2, -0.15) is 0 Å². The molecule has 0 unspecified atom stereocenters. The highest BCUT2D eigenvalue weighted by atomic mass is 16.5. The largest absolute Gasteiger partial charge is 0.494 e. The zero-order valence-corrected chi connectivity index (χ0v) is 18.2. The van der Waals surface area contributed by atoms with E-state index >= 15 is 0 Å². The van der Waals surface area contributed by atoms with Crippen LogP contribution < -0.4 is 15.4 Å². The molecule has 0 aliphatic carbocycles. The minimum Gasteiger partial charge on any atom is -0.494 e. The van der Waals surface area contributed by atoms with Crippen LogP contribution in [0.25, 0.3) is 0 Å². The van der Waals surface area contributed by atoms with Crippen molar-refractivity contribution in [2.24, 2.45) is 4.99 Å². The molecule has 0 spiro atoms. The van der Waals surface area contributed by atoms with Crippen molar-refractivity contribution in [3.05, 3.63) is 65.2 Å². The molecule has 0 bridgehead atoms. The highest BCUT2D eigenvalue weighted by molar-refractivity contribution is 5.79. The van der Waals surface area contributed by atoms with Crippen molar-refractivity contribution in [1.82, 2.24) is 15.5 Å². The van der Waals surface area contributed by atoms with E-state index in [1.807, 2.05) is 25.1 Å². The van der Waals surface area contributed by atoms with Crippen LogP contribution in [0.5, 0.6) is 5.75 Å². The van der Waals surface area contributed by atoms with E-state index < -0.39 is 0 Å². The Morgan fingerprint density at radius 3 is 2.47 bits per heavy atom. The van der Waals surface area contributed by atoms with Crippen molar-refractivity contribution < 1.29 is 9.47 Å². The SMILES string of the molecule is CCNC(=NCc1ccc(CN2CCOCC2)cc1)NCc1ccccc1OCC. The molecule has 162 valence electrons. The quantitative estimate of drug-likeness (QED) is 0.491. The van der Waals surface area contributed by atoms with Gasteiger partial charge in [-0.1, -0.05) is 42.5 Å². The number of morpholine rings is 1. The van der Waals surface area contributed by atoms with Crippen LogP contribution in [0.15, 0.2) is 53.5 Å². The van der Waals surface area contributed by atoms with E-state index in [4.69, 9.17) is 14.5 Å². The summed E-state index contributed by atoms with van der Waals surface area (Å²) in [5.41, 5.74) is 3.66. The Bertz CT molecular complexity index is 786. The molecular formula is C24H34N4O2. The number of rotatable bonds is 9. The zero-order chi connectivity index (χ0) is 21.0. The summed E-state index contributed by atoms with van der Waals surface area (Å²) < 4.78 is 11.1. The van der Waals surface area contributed by atoms with Gasteiger partial charge in [-0.25, -0.2) is 4.99 Å². The molecule has 3 rings (SSSR count). The lowest BCUT2D eigenvalue weighted by molar-refractivity contribution is 0.0342. The number of nitrogens with zero attached hydrogens (tertiary/aromatic N) is 2. The second-order valence-electron chi connectivity index (χ2n) is 7.29. The zero-order valence-electron chi connectivity index (χ0n) is 18.2. The molecule has 6 heteroatoms. The molecule has 0 atom stereocenters. The Labute approximate surface area is 180 Å². The molecule has 1 saturated heterocycles. The Hall–Kier alpha value is -2.57. The van der Waals surface area contributed by atoms with Crippen LogP contribution in [0.1, 0.15) is 30.5 Å². The highest BCUT2D eigenvalue weighted by Crippen LogP contribution is 2.17. The summed E-state index contributed by atoms with van der Waals surface area (Å²) in [4.78, 5) is 7.18. The highest BCUT2D eigenvalue weighted by Gasteiger charge is 2.10. The number of hydrogen-bond donors (Lipinski definition) is 2. The van der Waals surface area contributed by atoms with Crippen LogP contribution in [0, 0.1) is 0 Å². The topological polar surface area (TPSA) is 58.1 Å². The summed E-state index contributed by atoms with van der Waals surface area (Å²) >= 11 is 0. The fourth-order valence-electron chi connectivity index (χ4n) is 3.40. The summed E-state index contributed by atoms with van der Waals surface area (Å²) in [6.45, 7) is 11.5. The lowest BCUT2D eigenvalue weighted by Crippen LogP contribution is -2.36. The van der Waals surface area contributed by atoms with Crippen LogP contribution in [-0.2, 0) is 24.4 Å². The van der Waals surface area contributed by atoms with Gasteiger partial charge >= 0.3 is 0 Å². The summed E-state index contributed by atoms with van der Waals surface area (Å²) in [6.07, 6.45) is 0. The van der Waals surface area contributed by atoms with E-state index in [-0.39, 0.29) is 0 Å². The molecule has 6 nitrogen and oxygen atoms in total. The van der Waals surface area contributed by atoms with Gasteiger partial charge in [0.2, 0.25) is 0 Å². The second kappa shape index (κ2) is 12.2. The number of aliphatic imine (C=N–C) groups is 1. The molecule has 2 aromatic carbocycles. The van der Waals surface area contributed by atoms with Gasteiger partial charge in [0.05, 0.1) is 26.4 Å². The third-order valence-corrected chi connectivity index (χ3v) is 5.02. The molecule has 0 saturated carbocycles. The van der Waals surface area contributed by atoms with Crippen molar-refractivity contribution in [3.8, 4) is 5.75 Å². The lowest BCUT2D eigenvalue weighted by atomic mass is 10.1. The van der Waals surface area contributed by atoms with Crippen molar-refractivity contribution in [2.75, 3.05) is 39.5 Å². The Balaban J connectivity index is 1.55. The first kappa shape index (κ1) is 22.1. The number of nitrogens with one attached hydrogen (secondary N) is 2. The first-order valence-corrected chi connectivity index (χ1v) is 10.9. The maximum absolute atomic E-state index is 5.71. The number of benzene rings is 2. The first-order chi connectivity index (χ1) is 14.8.